The Hall–Kier alpha value is -2.50. The Morgan fingerprint density at radius 3 is 2.55 bits per heavy atom. The third kappa shape index (κ3) is 3.05. The van der Waals surface area contributed by atoms with Crippen LogP contribution in [0.1, 0.15) is 12.8 Å². The standard InChI is InChI=1S/C16H16FN3O2/c17-13-3-1-2-12(10-13)14-4-5-15(19-18-14)20-8-6-11(7-9-20)16(21)22/h1-5,10-11H,6-9H2,(H,21,22). The molecule has 114 valence electrons. The lowest BCUT2D eigenvalue weighted by Gasteiger charge is -2.30. The van der Waals surface area contributed by atoms with Crippen molar-refractivity contribution in [1.29, 1.82) is 0 Å². The molecule has 5 nitrogen and oxygen atoms in total. The number of hydrogen-bond donors (Lipinski definition) is 1. The van der Waals surface area contributed by atoms with Gasteiger partial charge in [-0.05, 0) is 37.1 Å². The largest absolute Gasteiger partial charge is 0.481 e. The first-order chi connectivity index (χ1) is 10.6. The molecule has 0 bridgehead atoms. The number of hydrogen-bond acceptors (Lipinski definition) is 4. The van der Waals surface area contributed by atoms with Gasteiger partial charge in [0.2, 0.25) is 0 Å². The fraction of sp³-hybridized carbons (Fsp3) is 0.312. The summed E-state index contributed by atoms with van der Waals surface area (Å²) in [6, 6.07) is 9.87. The van der Waals surface area contributed by atoms with Crippen LogP contribution in [-0.4, -0.2) is 34.4 Å². The van der Waals surface area contributed by atoms with Crippen LogP contribution < -0.4 is 4.90 Å². The van der Waals surface area contributed by atoms with E-state index in [-0.39, 0.29) is 11.7 Å². The summed E-state index contributed by atoms with van der Waals surface area (Å²) in [5.74, 6) is -0.578. The number of aromatic nitrogens is 2. The summed E-state index contributed by atoms with van der Waals surface area (Å²) in [5, 5.41) is 17.3. The zero-order valence-electron chi connectivity index (χ0n) is 11.9. The fourth-order valence-electron chi connectivity index (χ4n) is 2.65. The number of aliphatic carboxylic acids is 1. The zero-order chi connectivity index (χ0) is 15.5. The highest BCUT2D eigenvalue weighted by molar-refractivity contribution is 5.70. The van der Waals surface area contributed by atoms with E-state index in [9.17, 15) is 9.18 Å². The van der Waals surface area contributed by atoms with Gasteiger partial charge in [-0.2, -0.15) is 0 Å². The second-order valence-electron chi connectivity index (χ2n) is 5.39. The summed E-state index contributed by atoms with van der Waals surface area (Å²) in [6.45, 7) is 1.32. The van der Waals surface area contributed by atoms with Gasteiger partial charge < -0.3 is 10.0 Å². The number of carboxylic acid groups (broad SMARTS) is 1. The molecule has 2 aromatic rings. The Bertz CT molecular complexity index is 667. The highest BCUT2D eigenvalue weighted by Crippen LogP contribution is 2.23. The van der Waals surface area contributed by atoms with Crippen molar-refractivity contribution in [3.05, 3.63) is 42.2 Å². The number of anilines is 1. The highest BCUT2D eigenvalue weighted by atomic mass is 19.1. The van der Waals surface area contributed by atoms with Gasteiger partial charge in [-0.15, -0.1) is 10.2 Å². The number of nitrogens with zero attached hydrogens (tertiary/aromatic N) is 3. The Labute approximate surface area is 127 Å². The second kappa shape index (κ2) is 6.09. The molecule has 1 N–H and O–H groups in total. The van der Waals surface area contributed by atoms with Gasteiger partial charge in [0.15, 0.2) is 5.82 Å². The molecule has 1 aliphatic heterocycles. The molecule has 0 aliphatic carbocycles. The molecule has 0 saturated carbocycles. The first-order valence-corrected chi connectivity index (χ1v) is 7.21. The van der Waals surface area contributed by atoms with Crippen LogP contribution in [0.4, 0.5) is 10.2 Å². The maximum atomic E-state index is 13.2. The number of benzene rings is 1. The molecule has 3 rings (SSSR count). The molecule has 1 saturated heterocycles. The first kappa shape index (κ1) is 14.4. The lowest BCUT2D eigenvalue weighted by molar-refractivity contribution is -0.142. The fourth-order valence-corrected chi connectivity index (χ4v) is 2.65. The summed E-state index contributed by atoms with van der Waals surface area (Å²) < 4.78 is 13.2. The monoisotopic (exact) mass is 301 g/mol. The lowest BCUT2D eigenvalue weighted by atomic mass is 9.97. The number of carboxylic acids is 1. The van der Waals surface area contributed by atoms with Crippen molar-refractivity contribution in [2.24, 2.45) is 5.92 Å². The van der Waals surface area contributed by atoms with E-state index in [4.69, 9.17) is 5.11 Å². The minimum Gasteiger partial charge on any atom is -0.481 e. The smallest absolute Gasteiger partial charge is 0.306 e. The third-order valence-corrected chi connectivity index (χ3v) is 3.94. The third-order valence-electron chi connectivity index (χ3n) is 3.94. The van der Waals surface area contributed by atoms with E-state index < -0.39 is 5.97 Å². The Morgan fingerprint density at radius 1 is 1.18 bits per heavy atom. The molecule has 6 heteroatoms. The van der Waals surface area contributed by atoms with Crippen molar-refractivity contribution in [2.45, 2.75) is 12.8 Å². The maximum absolute atomic E-state index is 13.2. The number of piperidine rings is 1. The topological polar surface area (TPSA) is 66.3 Å². The molecule has 1 fully saturated rings. The summed E-state index contributed by atoms with van der Waals surface area (Å²) in [4.78, 5) is 13.0. The van der Waals surface area contributed by atoms with E-state index in [2.05, 4.69) is 10.2 Å². The molecular weight excluding hydrogens is 285 g/mol. The lowest BCUT2D eigenvalue weighted by Crippen LogP contribution is -2.36. The van der Waals surface area contributed by atoms with Crippen LogP contribution in [0.15, 0.2) is 36.4 Å². The van der Waals surface area contributed by atoms with Gasteiger partial charge >= 0.3 is 5.97 Å². The molecule has 1 aliphatic rings. The Morgan fingerprint density at radius 2 is 1.95 bits per heavy atom. The molecule has 22 heavy (non-hydrogen) atoms. The SMILES string of the molecule is O=C(O)C1CCN(c2ccc(-c3cccc(F)c3)nn2)CC1. The van der Waals surface area contributed by atoms with E-state index in [1.807, 2.05) is 11.0 Å². The van der Waals surface area contributed by atoms with Crippen LogP contribution in [-0.2, 0) is 4.79 Å². The normalized spacial score (nSPS) is 15.8. The van der Waals surface area contributed by atoms with Crippen molar-refractivity contribution in [3.8, 4) is 11.3 Å². The molecule has 0 spiro atoms. The average Bonchev–Trinajstić information content (AvgIpc) is 2.55. The van der Waals surface area contributed by atoms with Crippen molar-refractivity contribution in [3.63, 3.8) is 0 Å². The van der Waals surface area contributed by atoms with Crippen molar-refractivity contribution < 1.29 is 14.3 Å². The van der Waals surface area contributed by atoms with Gasteiger partial charge in [0, 0.05) is 18.7 Å². The molecule has 0 unspecified atom stereocenters. The maximum Gasteiger partial charge on any atom is 0.306 e. The number of carbonyl (C=O) groups is 1. The summed E-state index contributed by atoms with van der Waals surface area (Å²) in [7, 11) is 0. The van der Waals surface area contributed by atoms with E-state index in [1.165, 1.54) is 12.1 Å². The number of halogens is 1. The summed E-state index contributed by atoms with van der Waals surface area (Å²) in [6.07, 6.45) is 1.23. The zero-order valence-corrected chi connectivity index (χ0v) is 11.9. The van der Waals surface area contributed by atoms with Gasteiger partial charge in [-0.25, -0.2) is 4.39 Å². The van der Waals surface area contributed by atoms with Gasteiger partial charge in [-0.3, -0.25) is 4.79 Å². The minimum absolute atomic E-state index is 0.268. The summed E-state index contributed by atoms with van der Waals surface area (Å²) in [5.41, 5.74) is 1.30. The van der Waals surface area contributed by atoms with Gasteiger partial charge in [0.05, 0.1) is 11.6 Å². The van der Waals surface area contributed by atoms with E-state index in [0.717, 1.165) is 5.82 Å². The van der Waals surface area contributed by atoms with Gasteiger partial charge in [0.25, 0.3) is 0 Å². The minimum atomic E-state index is -0.729. The van der Waals surface area contributed by atoms with Crippen LogP contribution in [0.5, 0.6) is 0 Å². The molecule has 0 atom stereocenters. The first-order valence-electron chi connectivity index (χ1n) is 7.21. The van der Waals surface area contributed by atoms with E-state index in [0.29, 0.717) is 37.2 Å². The van der Waals surface area contributed by atoms with Gasteiger partial charge in [0.1, 0.15) is 5.82 Å². The van der Waals surface area contributed by atoms with Crippen LogP contribution in [0.25, 0.3) is 11.3 Å². The quantitative estimate of drug-likeness (QED) is 0.944. The molecule has 2 heterocycles. The van der Waals surface area contributed by atoms with E-state index in [1.54, 1.807) is 18.2 Å². The Balaban J connectivity index is 1.71. The van der Waals surface area contributed by atoms with Crippen molar-refractivity contribution in [1.82, 2.24) is 10.2 Å². The molecular formula is C16H16FN3O2. The van der Waals surface area contributed by atoms with Crippen LogP contribution >= 0.6 is 0 Å². The molecule has 1 aromatic carbocycles. The van der Waals surface area contributed by atoms with E-state index >= 15 is 0 Å². The van der Waals surface area contributed by atoms with Crippen molar-refractivity contribution >= 4 is 11.8 Å². The van der Waals surface area contributed by atoms with Crippen LogP contribution in [0, 0.1) is 11.7 Å². The second-order valence-corrected chi connectivity index (χ2v) is 5.39. The molecule has 0 radical (unpaired) electrons. The number of rotatable bonds is 3. The molecule has 1 aromatic heterocycles. The Kier molecular flexibility index (Phi) is 4.00. The predicted molar refractivity (Wildman–Crippen MR) is 80.0 cm³/mol. The molecule has 0 amide bonds. The van der Waals surface area contributed by atoms with Crippen LogP contribution in [0.2, 0.25) is 0 Å². The van der Waals surface area contributed by atoms with Crippen LogP contribution in [0.3, 0.4) is 0 Å². The summed E-state index contributed by atoms with van der Waals surface area (Å²) >= 11 is 0. The highest BCUT2D eigenvalue weighted by Gasteiger charge is 2.25. The average molecular weight is 301 g/mol. The van der Waals surface area contributed by atoms with Crippen molar-refractivity contribution in [2.75, 3.05) is 18.0 Å². The predicted octanol–water partition coefficient (Wildman–Crippen LogP) is 2.58. The van der Waals surface area contributed by atoms with Gasteiger partial charge in [-0.1, -0.05) is 12.1 Å².